The fourth-order valence-corrected chi connectivity index (χ4v) is 1.34. The lowest BCUT2D eigenvalue weighted by atomic mass is 10.1. The van der Waals surface area contributed by atoms with Gasteiger partial charge in [0.05, 0.1) is 0 Å². The van der Waals surface area contributed by atoms with Crippen molar-refractivity contribution in [2.24, 2.45) is 10.8 Å². The van der Waals surface area contributed by atoms with Gasteiger partial charge < -0.3 is 4.90 Å². The molecule has 1 aliphatic heterocycles. The number of nitrogens with zero attached hydrogens (tertiary/aromatic N) is 2. The molecule has 1 aliphatic rings. The molecule has 0 unspecified atom stereocenters. The van der Waals surface area contributed by atoms with Crippen molar-refractivity contribution in [3.05, 3.63) is 0 Å². The highest BCUT2D eigenvalue weighted by Crippen LogP contribution is 2.27. The summed E-state index contributed by atoms with van der Waals surface area (Å²) >= 11 is 0. The Kier molecular flexibility index (Phi) is 3.02. The minimum Gasteiger partial charge on any atom is -0.341 e. The Bertz CT molecular complexity index is 195. The van der Waals surface area contributed by atoms with Crippen LogP contribution in [0.2, 0.25) is 0 Å². The fourth-order valence-electron chi connectivity index (χ4n) is 1.34. The van der Waals surface area contributed by atoms with E-state index < -0.39 is 5.92 Å². The molecule has 0 saturated carbocycles. The molecule has 0 aliphatic carbocycles. The first-order valence-electron chi connectivity index (χ1n) is 4.15. The van der Waals surface area contributed by atoms with Gasteiger partial charge in [0.25, 0.3) is 5.92 Å². The summed E-state index contributed by atoms with van der Waals surface area (Å²) in [6.07, 6.45) is -0.263. The number of hydrogen-bond donors (Lipinski definition) is 2. The number of likely N-dealkylation sites (tertiary alicyclic amines) is 1. The van der Waals surface area contributed by atoms with E-state index in [2.05, 4.69) is 10.4 Å². The summed E-state index contributed by atoms with van der Waals surface area (Å²) in [6, 6.07) is 0. The Hall–Kier alpha value is -0.910. The molecular formula is C7H14F2N4. The van der Waals surface area contributed by atoms with Crippen molar-refractivity contribution in [3.8, 4) is 0 Å². The fraction of sp³-hybridized carbons (Fsp3) is 0.857. The zero-order chi connectivity index (χ0) is 9.90. The Morgan fingerprint density at radius 3 is 2.38 bits per heavy atom. The van der Waals surface area contributed by atoms with Gasteiger partial charge in [-0.25, -0.2) is 14.6 Å². The number of rotatable bonds is 0. The topological polar surface area (TPSA) is 53.6 Å². The molecule has 1 fully saturated rings. The standard InChI is InChI=1S/C7H14F2N4/c1-11-6(12-10)13-4-2-7(8,9)3-5-13/h2-5,10H2,1H3,(H,11,12). The molecule has 1 heterocycles. The third-order valence-corrected chi connectivity index (χ3v) is 2.14. The molecule has 13 heavy (non-hydrogen) atoms. The Morgan fingerprint density at radius 2 is 2.00 bits per heavy atom. The van der Waals surface area contributed by atoms with Gasteiger partial charge in [-0.1, -0.05) is 0 Å². The van der Waals surface area contributed by atoms with Gasteiger partial charge in [0, 0.05) is 33.0 Å². The molecule has 76 valence electrons. The van der Waals surface area contributed by atoms with Gasteiger partial charge in [0.1, 0.15) is 0 Å². The van der Waals surface area contributed by atoms with Crippen LogP contribution in [0, 0.1) is 0 Å². The second-order valence-electron chi connectivity index (χ2n) is 3.03. The van der Waals surface area contributed by atoms with Gasteiger partial charge in [-0.2, -0.15) is 0 Å². The second kappa shape index (κ2) is 3.87. The number of hydrogen-bond acceptors (Lipinski definition) is 2. The normalized spacial score (nSPS) is 23.1. The van der Waals surface area contributed by atoms with E-state index >= 15 is 0 Å². The largest absolute Gasteiger partial charge is 0.341 e. The molecule has 0 atom stereocenters. The summed E-state index contributed by atoms with van der Waals surface area (Å²) in [4.78, 5) is 5.56. The lowest BCUT2D eigenvalue weighted by Gasteiger charge is -2.33. The van der Waals surface area contributed by atoms with Crippen LogP contribution >= 0.6 is 0 Å². The SMILES string of the molecule is CN=C(NN)N1CCC(F)(F)CC1. The van der Waals surface area contributed by atoms with E-state index in [1.54, 1.807) is 11.9 Å². The summed E-state index contributed by atoms with van der Waals surface area (Å²) in [6.45, 7) is 0.591. The van der Waals surface area contributed by atoms with Crippen LogP contribution in [0.5, 0.6) is 0 Å². The lowest BCUT2D eigenvalue weighted by Crippen LogP contribution is -2.50. The third-order valence-electron chi connectivity index (χ3n) is 2.14. The Morgan fingerprint density at radius 1 is 1.46 bits per heavy atom. The minimum atomic E-state index is -2.52. The van der Waals surface area contributed by atoms with Gasteiger partial charge in [-0.3, -0.25) is 10.4 Å². The summed E-state index contributed by atoms with van der Waals surface area (Å²) in [5.41, 5.74) is 2.38. The molecule has 1 rings (SSSR count). The Labute approximate surface area is 75.8 Å². The molecule has 0 aromatic carbocycles. The average molecular weight is 192 g/mol. The average Bonchev–Trinajstić information content (AvgIpc) is 2.09. The highest BCUT2D eigenvalue weighted by atomic mass is 19.3. The molecule has 0 amide bonds. The monoisotopic (exact) mass is 192 g/mol. The lowest BCUT2D eigenvalue weighted by molar-refractivity contribution is -0.0439. The number of alkyl halides is 2. The van der Waals surface area contributed by atoms with E-state index in [0.717, 1.165) is 0 Å². The molecule has 3 N–H and O–H groups in total. The smallest absolute Gasteiger partial charge is 0.251 e. The van der Waals surface area contributed by atoms with E-state index in [4.69, 9.17) is 5.84 Å². The number of aliphatic imine (C=N–C) groups is 1. The van der Waals surface area contributed by atoms with Crippen molar-refractivity contribution >= 4 is 5.96 Å². The van der Waals surface area contributed by atoms with Crippen LogP contribution in [-0.4, -0.2) is 36.9 Å². The molecular weight excluding hydrogens is 178 g/mol. The van der Waals surface area contributed by atoms with Gasteiger partial charge in [-0.05, 0) is 0 Å². The summed E-state index contributed by atoms with van der Waals surface area (Å²) in [7, 11) is 1.57. The molecule has 6 heteroatoms. The van der Waals surface area contributed by atoms with Crippen LogP contribution in [0.1, 0.15) is 12.8 Å². The van der Waals surface area contributed by atoms with Crippen LogP contribution in [0.25, 0.3) is 0 Å². The highest BCUT2D eigenvalue weighted by Gasteiger charge is 2.34. The number of nitrogens with one attached hydrogen (secondary N) is 1. The van der Waals surface area contributed by atoms with Crippen molar-refractivity contribution < 1.29 is 8.78 Å². The zero-order valence-electron chi connectivity index (χ0n) is 7.56. The maximum Gasteiger partial charge on any atom is 0.251 e. The number of hydrazine groups is 1. The maximum atomic E-state index is 12.7. The first-order valence-corrected chi connectivity index (χ1v) is 4.15. The van der Waals surface area contributed by atoms with Crippen LogP contribution in [-0.2, 0) is 0 Å². The number of nitrogens with two attached hydrogens (primary N) is 1. The van der Waals surface area contributed by atoms with Gasteiger partial charge in [-0.15, -0.1) is 0 Å². The van der Waals surface area contributed by atoms with Crippen molar-refractivity contribution in [2.45, 2.75) is 18.8 Å². The molecule has 4 nitrogen and oxygen atoms in total. The van der Waals surface area contributed by atoms with Crippen molar-refractivity contribution in [1.29, 1.82) is 0 Å². The second-order valence-corrected chi connectivity index (χ2v) is 3.03. The van der Waals surface area contributed by atoms with Gasteiger partial charge >= 0.3 is 0 Å². The predicted molar refractivity (Wildman–Crippen MR) is 46.4 cm³/mol. The number of guanidine groups is 1. The quantitative estimate of drug-likeness (QED) is 0.249. The van der Waals surface area contributed by atoms with E-state index in [9.17, 15) is 8.78 Å². The first kappa shape index (κ1) is 10.2. The van der Waals surface area contributed by atoms with Crippen LogP contribution in [0.4, 0.5) is 8.78 Å². The summed E-state index contributed by atoms with van der Waals surface area (Å²) < 4.78 is 25.5. The molecule has 0 aromatic heterocycles. The van der Waals surface area contributed by atoms with E-state index in [-0.39, 0.29) is 12.8 Å². The van der Waals surface area contributed by atoms with Crippen molar-refractivity contribution in [1.82, 2.24) is 10.3 Å². The molecule has 0 bridgehead atoms. The Balaban J connectivity index is 2.49. The van der Waals surface area contributed by atoms with E-state index in [0.29, 0.717) is 19.0 Å². The molecule has 0 aromatic rings. The van der Waals surface area contributed by atoms with E-state index in [1.165, 1.54) is 0 Å². The number of halogens is 2. The number of piperidine rings is 1. The van der Waals surface area contributed by atoms with Crippen molar-refractivity contribution in [3.63, 3.8) is 0 Å². The first-order chi connectivity index (χ1) is 6.09. The van der Waals surface area contributed by atoms with Gasteiger partial charge in [0.15, 0.2) is 0 Å². The predicted octanol–water partition coefficient (Wildman–Crippen LogP) is 0.167. The zero-order valence-corrected chi connectivity index (χ0v) is 7.56. The maximum absolute atomic E-state index is 12.7. The van der Waals surface area contributed by atoms with Crippen LogP contribution in [0.3, 0.4) is 0 Å². The molecule has 1 saturated heterocycles. The summed E-state index contributed by atoms with van der Waals surface area (Å²) in [5, 5.41) is 0. The minimum absolute atomic E-state index is 0.131. The van der Waals surface area contributed by atoms with E-state index in [1.807, 2.05) is 0 Å². The molecule has 0 radical (unpaired) electrons. The third kappa shape index (κ3) is 2.51. The highest BCUT2D eigenvalue weighted by molar-refractivity contribution is 5.79. The molecule has 0 spiro atoms. The van der Waals surface area contributed by atoms with Crippen LogP contribution in [0.15, 0.2) is 4.99 Å². The van der Waals surface area contributed by atoms with Gasteiger partial charge in [0.2, 0.25) is 5.96 Å². The van der Waals surface area contributed by atoms with Crippen LogP contribution < -0.4 is 11.3 Å². The summed E-state index contributed by atoms with van der Waals surface area (Å²) in [5.74, 6) is 3.12. The van der Waals surface area contributed by atoms with Crippen molar-refractivity contribution in [2.75, 3.05) is 20.1 Å².